The van der Waals surface area contributed by atoms with Crippen molar-refractivity contribution in [2.24, 2.45) is 0 Å². The monoisotopic (exact) mass is 798 g/mol. The van der Waals surface area contributed by atoms with E-state index >= 15 is 0 Å². The van der Waals surface area contributed by atoms with Crippen molar-refractivity contribution in [3.8, 4) is 22.3 Å². The lowest BCUT2D eigenvalue weighted by Gasteiger charge is -2.35. The molecule has 5 aromatic rings. The van der Waals surface area contributed by atoms with Crippen molar-refractivity contribution in [1.82, 2.24) is 20.4 Å². The molecule has 0 aliphatic heterocycles. The largest absolute Gasteiger partial charge is 0.388 e. The van der Waals surface area contributed by atoms with E-state index in [0.29, 0.717) is 11.1 Å². The molecule has 0 fully saturated rings. The first-order valence-corrected chi connectivity index (χ1v) is 18.8. The lowest BCUT2D eigenvalue weighted by molar-refractivity contribution is -0.145. The predicted molar refractivity (Wildman–Crippen MR) is 226 cm³/mol. The van der Waals surface area contributed by atoms with Gasteiger partial charge in [0.2, 0.25) is 0 Å². The van der Waals surface area contributed by atoms with Crippen LogP contribution >= 0.6 is 0 Å². The number of hydrogen-bond acceptors (Lipinski definition) is 8. The Morgan fingerprint density at radius 1 is 0.525 bits per heavy atom. The van der Waals surface area contributed by atoms with Crippen LogP contribution in [0.25, 0.3) is 22.3 Å². The maximum Gasteiger partial charge on any atom is 0.254 e. The molecule has 0 heterocycles. The zero-order valence-electron chi connectivity index (χ0n) is 34.1. The summed E-state index contributed by atoms with van der Waals surface area (Å²) in [6.07, 6.45) is 0. The van der Waals surface area contributed by atoms with Crippen molar-refractivity contribution in [3.63, 3.8) is 0 Å². The normalized spacial score (nSPS) is 12.6. The molecular formula is C47H50N4O8. The van der Waals surface area contributed by atoms with Crippen LogP contribution < -0.4 is 10.6 Å². The van der Waals surface area contributed by atoms with Crippen LogP contribution in [0.3, 0.4) is 0 Å². The first-order valence-electron chi connectivity index (χ1n) is 18.8. The first kappa shape index (κ1) is 44.9. The number of ketones is 2. The van der Waals surface area contributed by atoms with Gasteiger partial charge in [0.25, 0.3) is 23.6 Å². The Morgan fingerprint density at radius 2 is 0.864 bits per heavy atom. The van der Waals surface area contributed by atoms with E-state index < -0.39 is 52.9 Å². The van der Waals surface area contributed by atoms with Crippen LogP contribution in [0.4, 0.5) is 0 Å². The van der Waals surface area contributed by atoms with E-state index in [4.69, 9.17) is 4.74 Å². The lowest BCUT2D eigenvalue weighted by Crippen LogP contribution is -2.62. The Bertz CT molecular complexity index is 2200. The number of nitrogens with one attached hydrogen (secondary N) is 2. The maximum atomic E-state index is 13.2. The van der Waals surface area contributed by atoms with Gasteiger partial charge in [0.15, 0.2) is 22.6 Å². The molecule has 5 aromatic carbocycles. The van der Waals surface area contributed by atoms with Crippen molar-refractivity contribution in [1.29, 1.82) is 0 Å². The predicted octanol–water partition coefficient (Wildman–Crippen LogP) is 5.21. The van der Waals surface area contributed by atoms with Gasteiger partial charge in [0.1, 0.15) is 13.2 Å². The first-order chi connectivity index (χ1) is 28.2. The van der Waals surface area contributed by atoms with Gasteiger partial charge in [-0.25, -0.2) is 0 Å². The summed E-state index contributed by atoms with van der Waals surface area (Å²) in [6, 6.07) is 42.9. The number of hydrogen-bond donors (Lipinski definition) is 3. The molecule has 0 aromatic heterocycles. The van der Waals surface area contributed by atoms with Crippen molar-refractivity contribution < 1.29 is 38.6 Å². The minimum atomic E-state index is -1.79. The molecule has 0 saturated heterocycles. The Labute approximate surface area is 344 Å². The summed E-state index contributed by atoms with van der Waals surface area (Å²) in [6.45, 7) is 1.85. The highest BCUT2D eigenvalue weighted by atomic mass is 16.5. The number of likely N-dealkylation sites (N-methyl/N-ethyl adjacent to an activating group) is 4. The Balaban J connectivity index is 0.000000268. The molecule has 2 atom stereocenters. The number of nitrogens with zero attached hydrogens (tertiary/aromatic N) is 2. The summed E-state index contributed by atoms with van der Waals surface area (Å²) in [5.41, 5.74) is 2.09. The third-order valence-corrected chi connectivity index (χ3v) is 10.3. The van der Waals surface area contributed by atoms with E-state index in [1.165, 1.54) is 46.9 Å². The molecule has 0 spiro atoms. The molecule has 0 aliphatic rings. The highest BCUT2D eigenvalue weighted by Gasteiger charge is 2.47. The molecule has 2 unspecified atom stereocenters. The molecule has 12 nitrogen and oxygen atoms in total. The van der Waals surface area contributed by atoms with Gasteiger partial charge in [-0.1, -0.05) is 115 Å². The molecule has 4 amide bonds. The summed E-state index contributed by atoms with van der Waals surface area (Å²) in [7, 11) is 5.64. The third kappa shape index (κ3) is 10.4. The topological polar surface area (TPSA) is 162 Å². The quantitative estimate of drug-likeness (QED) is 0.122. The number of aliphatic hydroxyl groups is 1. The van der Waals surface area contributed by atoms with E-state index in [-0.39, 0.29) is 13.2 Å². The Hall–Kier alpha value is -6.76. The van der Waals surface area contributed by atoms with E-state index in [1.54, 1.807) is 24.3 Å². The molecule has 0 aliphatic carbocycles. The molecule has 306 valence electrons. The second kappa shape index (κ2) is 20.6. The van der Waals surface area contributed by atoms with Crippen LogP contribution in [0.2, 0.25) is 0 Å². The van der Waals surface area contributed by atoms with Gasteiger partial charge in [-0.05, 0) is 65.9 Å². The zero-order chi connectivity index (χ0) is 43.2. The molecule has 0 saturated carbocycles. The standard InChI is InChI=1S/C27H28N2O4.C20H22N2O4/c1-27(26(32)28-2,24(30)19-33-18-20-10-6-4-7-11-20)29(3)25(31)23-16-14-22(15-17-23)21-12-8-5-9-13-21;1-20(17(24)13-23,19(26)21-2)22(3)18(25)16-11-9-15(10-12-16)14-7-5-4-6-8-14/h4-17H,18-19H2,1-3H3,(H,28,32);4-12,23H,13H2,1-3H3,(H,21,26). The van der Waals surface area contributed by atoms with Gasteiger partial charge in [0, 0.05) is 39.3 Å². The molecule has 5 rings (SSSR count). The van der Waals surface area contributed by atoms with Crippen LogP contribution in [0.1, 0.15) is 40.1 Å². The van der Waals surface area contributed by atoms with Gasteiger partial charge in [-0.3, -0.25) is 28.8 Å². The number of carbonyl (C=O) groups is 6. The molecule has 59 heavy (non-hydrogen) atoms. The maximum absolute atomic E-state index is 13.2. The summed E-state index contributed by atoms with van der Waals surface area (Å²) in [5, 5.41) is 14.1. The molecule has 0 radical (unpaired) electrons. The molecular weight excluding hydrogens is 749 g/mol. The minimum Gasteiger partial charge on any atom is -0.388 e. The third-order valence-electron chi connectivity index (χ3n) is 10.3. The van der Waals surface area contributed by atoms with Gasteiger partial charge in [-0.2, -0.15) is 0 Å². The highest BCUT2D eigenvalue weighted by molar-refractivity contribution is 6.15. The number of aliphatic hydroxyl groups excluding tert-OH is 1. The zero-order valence-corrected chi connectivity index (χ0v) is 34.1. The Kier molecular flexibility index (Phi) is 15.7. The van der Waals surface area contributed by atoms with Crippen molar-refractivity contribution >= 4 is 35.2 Å². The molecule has 12 heteroatoms. The smallest absolute Gasteiger partial charge is 0.254 e. The van der Waals surface area contributed by atoms with E-state index in [1.807, 2.05) is 115 Å². The lowest BCUT2D eigenvalue weighted by atomic mass is 9.92. The van der Waals surface area contributed by atoms with Gasteiger partial charge >= 0.3 is 0 Å². The number of rotatable bonds is 15. The number of amides is 4. The van der Waals surface area contributed by atoms with E-state index in [2.05, 4.69) is 10.6 Å². The fourth-order valence-electron chi connectivity index (χ4n) is 6.21. The van der Waals surface area contributed by atoms with Crippen LogP contribution in [-0.2, 0) is 30.5 Å². The second-order valence-corrected chi connectivity index (χ2v) is 13.9. The van der Waals surface area contributed by atoms with E-state index in [0.717, 1.165) is 32.7 Å². The average molecular weight is 799 g/mol. The van der Waals surface area contributed by atoms with Crippen LogP contribution in [0, 0.1) is 0 Å². The van der Waals surface area contributed by atoms with Gasteiger partial charge < -0.3 is 30.3 Å². The fourth-order valence-corrected chi connectivity index (χ4v) is 6.21. The fraction of sp³-hybridized carbons (Fsp3) is 0.234. The second-order valence-electron chi connectivity index (χ2n) is 13.9. The molecule has 3 N–H and O–H groups in total. The van der Waals surface area contributed by atoms with Gasteiger partial charge in [-0.15, -0.1) is 0 Å². The van der Waals surface area contributed by atoms with Crippen molar-refractivity contribution in [2.45, 2.75) is 31.5 Å². The number of Topliss-reactive ketones (excluding diaryl/α,β-unsaturated/α-hetero) is 2. The van der Waals surface area contributed by atoms with Crippen molar-refractivity contribution in [2.75, 3.05) is 41.4 Å². The van der Waals surface area contributed by atoms with Crippen LogP contribution in [0.5, 0.6) is 0 Å². The number of ether oxygens (including phenoxy) is 1. The summed E-state index contributed by atoms with van der Waals surface area (Å²) < 4.78 is 5.56. The number of benzene rings is 5. The summed E-state index contributed by atoms with van der Waals surface area (Å²) in [4.78, 5) is 78.4. The number of carbonyl (C=O) groups excluding carboxylic acids is 6. The minimum absolute atomic E-state index is 0.231. The van der Waals surface area contributed by atoms with E-state index in [9.17, 15) is 33.9 Å². The average Bonchev–Trinajstić information content (AvgIpc) is 3.30. The summed E-state index contributed by atoms with van der Waals surface area (Å²) >= 11 is 0. The van der Waals surface area contributed by atoms with Crippen molar-refractivity contribution in [3.05, 3.63) is 156 Å². The SMILES string of the molecule is CNC(=O)C(C)(C(=O)CO)N(C)C(=O)c1ccc(-c2ccccc2)cc1.CNC(=O)C(C)(C(=O)COCc1ccccc1)N(C)C(=O)c1ccc(-c2ccccc2)cc1. The van der Waals surface area contributed by atoms with Crippen LogP contribution in [0.15, 0.2) is 140 Å². The summed E-state index contributed by atoms with van der Waals surface area (Å²) in [5.74, 6) is -3.42. The van der Waals surface area contributed by atoms with Gasteiger partial charge in [0.05, 0.1) is 6.61 Å². The Morgan fingerprint density at radius 3 is 1.22 bits per heavy atom. The molecule has 0 bridgehead atoms. The van der Waals surface area contributed by atoms with Crippen LogP contribution in [-0.4, -0.2) is 103 Å². The highest BCUT2D eigenvalue weighted by Crippen LogP contribution is 2.25.